The van der Waals surface area contributed by atoms with Gasteiger partial charge in [-0.3, -0.25) is 10.1 Å². The van der Waals surface area contributed by atoms with E-state index in [1.165, 1.54) is 18.2 Å². The van der Waals surface area contributed by atoms with Gasteiger partial charge in [0.15, 0.2) is 0 Å². The van der Waals surface area contributed by atoms with E-state index in [0.29, 0.717) is 0 Å². The number of nitrogens with one attached hydrogen (secondary N) is 1. The number of imidazole rings is 1. The number of rotatable bonds is 2. The maximum Gasteiger partial charge on any atom is 0.433 e. The van der Waals surface area contributed by atoms with Crippen molar-refractivity contribution in [3.8, 4) is 0 Å². The van der Waals surface area contributed by atoms with Crippen LogP contribution in [0.2, 0.25) is 0 Å². The number of para-hydroxylation sites is 1. The van der Waals surface area contributed by atoms with Crippen molar-refractivity contribution in [3.05, 3.63) is 38.4 Å². The predicted octanol–water partition coefficient (Wildman–Crippen LogP) is 1.38. The minimum atomic E-state index is -0.732. The van der Waals surface area contributed by atoms with Crippen LogP contribution in [0.1, 0.15) is 0 Å². The second kappa shape index (κ2) is 3.01. The highest BCUT2D eigenvalue weighted by Gasteiger charge is 2.22. The van der Waals surface area contributed by atoms with Gasteiger partial charge in [-0.15, -0.1) is 0 Å². The van der Waals surface area contributed by atoms with Gasteiger partial charge in [0.1, 0.15) is 5.52 Å². The molecular formula is C7H4N4O4. The lowest BCUT2D eigenvalue weighted by atomic mass is 10.3. The summed E-state index contributed by atoms with van der Waals surface area (Å²) in [5.41, 5.74) is 0.0157. The summed E-state index contributed by atoms with van der Waals surface area (Å²) in [5.74, 6) is -0.501. The minimum absolute atomic E-state index is 0.00537. The lowest BCUT2D eigenvalue weighted by molar-refractivity contribution is -0.394. The van der Waals surface area contributed by atoms with Gasteiger partial charge in [-0.1, -0.05) is 11.1 Å². The molecule has 8 heteroatoms. The van der Waals surface area contributed by atoms with Crippen LogP contribution in [-0.2, 0) is 0 Å². The molecule has 0 saturated carbocycles. The normalized spacial score (nSPS) is 10.4. The molecule has 0 unspecified atom stereocenters. The number of benzene rings is 1. The van der Waals surface area contributed by atoms with Crippen LogP contribution >= 0.6 is 0 Å². The molecule has 8 nitrogen and oxygen atoms in total. The third-order valence-electron chi connectivity index (χ3n) is 1.85. The molecule has 1 N–H and O–H groups in total. The van der Waals surface area contributed by atoms with Crippen LogP contribution in [0.5, 0.6) is 0 Å². The molecule has 0 spiro atoms. The average Bonchev–Trinajstić information content (AvgIpc) is 2.60. The molecule has 0 amide bonds. The molecule has 0 atom stereocenters. The number of fused-ring (bicyclic) bond motifs is 1. The van der Waals surface area contributed by atoms with Crippen molar-refractivity contribution >= 4 is 22.7 Å². The summed E-state index contributed by atoms with van der Waals surface area (Å²) >= 11 is 0. The van der Waals surface area contributed by atoms with E-state index in [9.17, 15) is 20.2 Å². The molecule has 0 aliphatic rings. The Labute approximate surface area is 81.8 Å². The molecule has 1 heterocycles. The standard InChI is InChI=1S/C7H4N4O4/c12-10(13)5-3-1-2-4-6(5)9-7(8-4)11(14)15/h1-3H,(H,8,9). The number of aromatic amines is 1. The fourth-order valence-corrected chi connectivity index (χ4v) is 1.24. The number of hydrogen-bond donors (Lipinski definition) is 1. The van der Waals surface area contributed by atoms with Crippen LogP contribution in [0.25, 0.3) is 11.0 Å². The van der Waals surface area contributed by atoms with Crippen LogP contribution < -0.4 is 0 Å². The van der Waals surface area contributed by atoms with Gasteiger partial charge < -0.3 is 10.1 Å². The van der Waals surface area contributed by atoms with Gasteiger partial charge in [0.25, 0.3) is 5.52 Å². The zero-order valence-corrected chi connectivity index (χ0v) is 7.21. The third-order valence-corrected chi connectivity index (χ3v) is 1.85. The van der Waals surface area contributed by atoms with Crippen molar-refractivity contribution < 1.29 is 9.85 Å². The highest BCUT2D eigenvalue weighted by atomic mass is 16.6. The SMILES string of the molecule is O=[N+]([O-])c1nc2c([N+](=O)[O-])cccc2[nH]1. The molecule has 76 valence electrons. The molecule has 0 aliphatic carbocycles. The number of nitro groups is 2. The fourth-order valence-electron chi connectivity index (χ4n) is 1.24. The first kappa shape index (κ1) is 9.06. The largest absolute Gasteiger partial charge is 0.433 e. The van der Waals surface area contributed by atoms with Gasteiger partial charge in [-0.05, 0) is 11.0 Å². The topological polar surface area (TPSA) is 115 Å². The van der Waals surface area contributed by atoms with Crippen molar-refractivity contribution in [2.75, 3.05) is 0 Å². The van der Waals surface area contributed by atoms with Crippen LogP contribution in [0.4, 0.5) is 11.6 Å². The summed E-state index contributed by atoms with van der Waals surface area (Å²) in [6.07, 6.45) is 0. The number of aromatic nitrogens is 2. The minimum Gasteiger partial charge on any atom is -0.390 e. The van der Waals surface area contributed by atoms with Gasteiger partial charge in [0, 0.05) is 6.07 Å². The third kappa shape index (κ3) is 1.37. The molecule has 0 radical (unpaired) electrons. The molecule has 0 fully saturated rings. The van der Waals surface area contributed by atoms with Gasteiger partial charge >= 0.3 is 11.6 Å². The molecule has 2 aromatic rings. The van der Waals surface area contributed by atoms with E-state index >= 15 is 0 Å². The Hall–Kier alpha value is -2.51. The molecule has 0 aliphatic heterocycles. The number of nitro benzene ring substituents is 1. The van der Waals surface area contributed by atoms with Gasteiger partial charge in [-0.25, -0.2) is 4.98 Å². The second-order valence-electron chi connectivity index (χ2n) is 2.75. The van der Waals surface area contributed by atoms with Crippen LogP contribution in [0, 0.1) is 20.2 Å². The van der Waals surface area contributed by atoms with E-state index in [1.807, 2.05) is 0 Å². The Balaban J connectivity index is 2.75. The van der Waals surface area contributed by atoms with Gasteiger partial charge in [-0.2, -0.15) is 0 Å². The molecule has 0 saturated heterocycles. The lowest BCUT2D eigenvalue weighted by Crippen LogP contribution is -1.90. The van der Waals surface area contributed by atoms with Crippen molar-refractivity contribution in [1.29, 1.82) is 0 Å². The van der Waals surface area contributed by atoms with Crippen molar-refractivity contribution in [2.24, 2.45) is 0 Å². The molecule has 0 bridgehead atoms. The van der Waals surface area contributed by atoms with E-state index in [2.05, 4.69) is 9.97 Å². The van der Waals surface area contributed by atoms with E-state index < -0.39 is 15.8 Å². The maximum atomic E-state index is 10.6. The van der Waals surface area contributed by atoms with E-state index in [4.69, 9.17) is 0 Å². The molecule has 1 aromatic heterocycles. The fraction of sp³-hybridized carbons (Fsp3) is 0. The summed E-state index contributed by atoms with van der Waals surface area (Å²) in [5, 5.41) is 21.0. The summed E-state index contributed by atoms with van der Waals surface area (Å²) in [6.45, 7) is 0. The first-order chi connectivity index (χ1) is 7.09. The Morgan fingerprint density at radius 1 is 1.20 bits per heavy atom. The van der Waals surface area contributed by atoms with Crippen molar-refractivity contribution in [1.82, 2.24) is 9.97 Å². The van der Waals surface area contributed by atoms with Crippen LogP contribution in [0.3, 0.4) is 0 Å². The number of non-ortho nitro benzene ring substituents is 1. The number of hydrogen-bond acceptors (Lipinski definition) is 5. The lowest BCUT2D eigenvalue weighted by Gasteiger charge is -1.86. The summed E-state index contributed by atoms with van der Waals surface area (Å²) < 4.78 is 0. The maximum absolute atomic E-state index is 10.6. The zero-order valence-electron chi connectivity index (χ0n) is 7.21. The monoisotopic (exact) mass is 208 g/mol. The Kier molecular flexibility index (Phi) is 1.82. The summed E-state index contributed by atoms with van der Waals surface area (Å²) in [6, 6.07) is 4.16. The van der Waals surface area contributed by atoms with Gasteiger partial charge in [0.05, 0.1) is 4.92 Å². The van der Waals surface area contributed by atoms with E-state index in [-0.39, 0.29) is 16.7 Å². The quantitative estimate of drug-likeness (QED) is 0.591. The predicted molar refractivity (Wildman–Crippen MR) is 49.4 cm³/mol. The van der Waals surface area contributed by atoms with E-state index in [0.717, 1.165) is 0 Å². The van der Waals surface area contributed by atoms with Crippen molar-refractivity contribution in [2.45, 2.75) is 0 Å². The average molecular weight is 208 g/mol. The highest BCUT2D eigenvalue weighted by molar-refractivity contribution is 5.85. The van der Waals surface area contributed by atoms with Crippen LogP contribution in [-0.4, -0.2) is 19.8 Å². The highest BCUT2D eigenvalue weighted by Crippen LogP contribution is 2.24. The molecule has 2 rings (SSSR count). The Morgan fingerprint density at radius 3 is 2.53 bits per heavy atom. The molecular weight excluding hydrogens is 204 g/mol. The van der Waals surface area contributed by atoms with Gasteiger partial charge in [0.2, 0.25) is 0 Å². The first-order valence-corrected chi connectivity index (χ1v) is 3.87. The Morgan fingerprint density at radius 2 is 1.93 bits per heavy atom. The zero-order chi connectivity index (χ0) is 11.0. The Bertz CT molecular complexity index is 561. The summed E-state index contributed by atoms with van der Waals surface area (Å²) in [7, 11) is 0. The molecule has 1 aromatic carbocycles. The summed E-state index contributed by atoms with van der Waals surface area (Å²) in [4.78, 5) is 25.5. The number of nitrogens with zero attached hydrogens (tertiary/aromatic N) is 3. The van der Waals surface area contributed by atoms with Crippen LogP contribution in [0.15, 0.2) is 18.2 Å². The molecule has 15 heavy (non-hydrogen) atoms. The number of H-pyrrole nitrogens is 1. The smallest absolute Gasteiger partial charge is 0.390 e. The van der Waals surface area contributed by atoms with Crippen molar-refractivity contribution in [3.63, 3.8) is 0 Å². The van der Waals surface area contributed by atoms with E-state index in [1.54, 1.807) is 0 Å². The second-order valence-corrected chi connectivity index (χ2v) is 2.75. The first-order valence-electron chi connectivity index (χ1n) is 3.87.